The molecular weight excluding hydrogens is 424 g/mol. The van der Waals surface area contributed by atoms with Crippen LogP contribution in [0.25, 0.3) is 0 Å². The molecule has 1 heterocycles. The van der Waals surface area contributed by atoms with E-state index in [1.165, 1.54) is 32.1 Å². The highest BCUT2D eigenvalue weighted by atomic mass is 16.6. The first kappa shape index (κ1) is 22.5. The predicted octanol–water partition coefficient (Wildman–Crippen LogP) is 2.04. The van der Waals surface area contributed by atoms with Gasteiger partial charge in [0.15, 0.2) is 17.2 Å². The van der Waals surface area contributed by atoms with Gasteiger partial charge in [-0.25, -0.2) is 9.48 Å². The van der Waals surface area contributed by atoms with Crippen LogP contribution < -0.4 is 14.2 Å². The quantitative estimate of drug-likeness (QED) is 0.369. The van der Waals surface area contributed by atoms with Gasteiger partial charge in [0.05, 0.1) is 44.4 Å². The van der Waals surface area contributed by atoms with Crippen molar-refractivity contribution in [3.05, 3.63) is 69.0 Å². The fourth-order valence-electron chi connectivity index (χ4n) is 3.17. The number of aromatic nitrogens is 3. The summed E-state index contributed by atoms with van der Waals surface area (Å²) in [6.07, 6.45) is -1.74. The molecule has 0 amide bonds. The molecule has 0 aliphatic rings. The number of nitro groups is 1. The molecule has 12 nitrogen and oxygen atoms in total. The molecule has 1 aromatic heterocycles. The average molecular weight is 444 g/mol. The average Bonchev–Trinajstić information content (AvgIpc) is 3.21. The number of carboxylic acid groups (broad SMARTS) is 1. The van der Waals surface area contributed by atoms with Gasteiger partial charge in [0.2, 0.25) is 0 Å². The van der Waals surface area contributed by atoms with Gasteiger partial charge in [-0.1, -0.05) is 17.3 Å². The van der Waals surface area contributed by atoms with E-state index < -0.39 is 28.4 Å². The molecule has 2 aromatic carbocycles. The van der Waals surface area contributed by atoms with Crippen molar-refractivity contribution in [1.82, 2.24) is 15.0 Å². The molecule has 1 unspecified atom stereocenters. The van der Waals surface area contributed by atoms with Crippen molar-refractivity contribution in [3.63, 3.8) is 0 Å². The van der Waals surface area contributed by atoms with Crippen LogP contribution in [0.5, 0.6) is 17.2 Å². The molecule has 0 fully saturated rings. The summed E-state index contributed by atoms with van der Waals surface area (Å²) in [5, 5.41) is 39.8. The summed E-state index contributed by atoms with van der Waals surface area (Å²) in [4.78, 5) is 22.7. The third-order valence-corrected chi connectivity index (χ3v) is 4.75. The Bertz CT molecular complexity index is 1140. The van der Waals surface area contributed by atoms with E-state index in [1.807, 2.05) is 0 Å². The maximum atomic E-state index is 11.7. The van der Waals surface area contributed by atoms with Gasteiger partial charge < -0.3 is 24.4 Å². The summed E-state index contributed by atoms with van der Waals surface area (Å²) in [5.41, 5.74) is -0.723. The first-order chi connectivity index (χ1) is 15.3. The number of rotatable bonds is 9. The second kappa shape index (κ2) is 9.31. The lowest BCUT2D eigenvalue weighted by atomic mass is 10.0. The Balaban J connectivity index is 2.12. The van der Waals surface area contributed by atoms with E-state index >= 15 is 0 Å². The number of ether oxygens (including phenoxy) is 3. The molecule has 0 bridgehead atoms. The van der Waals surface area contributed by atoms with Crippen LogP contribution in [0.2, 0.25) is 0 Å². The van der Waals surface area contributed by atoms with Crippen LogP contribution in [0.4, 0.5) is 5.69 Å². The highest BCUT2D eigenvalue weighted by Gasteiger charge is 2.32. The van der Waals surface area contributed by atoms with E-state index in [0.29, 0.717) is 11.3 Å². The first-order valence-corrected chi connectivity index (χ1v) is 9.18. The Hall–Kier alpha value is -4.19. The lowest BCUT2D eigenvalue weighted by molar-refractivity contribution is -0.386. The van der Waals surface area contributed by atoms with Gasteiger partial charge >= 0.3 is 5.97 Å². The molecule has 0 spiro atoms. The van der Waals surface area contributed by atoms with Gasteiger partial charge in [0.1, 0.15) is 17.5 Å². The second-order valence-corrected chi connectivity index (χ2v) is 6.56. The topological polar surface area (TPSA) is 159 Å². The van der Waals surface area contributed by atoms with E-state index in [-0.39, 0.29) is 29.3 Å². The number of aliphatic hydroxyl groups is 1. The maximum Gasteiger partial charge on any atom is 0.358 e. The lowest BCUT2D eigenvalue weighted by Gasteiger charge is -2.16. The molecule has 3 rings (SSSR count). The fourth-order valence-corrected chi connectivity index (χ4v) is 3.17. The maximum absolute atomic E-state index is 11.7. The normalized spacial score (nSPS) is 11.6. The van der Waals surface area contributed by atoms with Gasteiger partial charge in [-0.2, -0.15) is 0 Å². The molecule has 3 aromatic rings. The largest absolute Gasteiger partial charge is 0.497 e. The Morgan fingerprint density at radius 3 is 2.28 bits per heavy atom. The number of hydrogen-bond donors (Lipinski definition) is 2. The minimum Gasteiger partial charge on any atom is -0.497 e. The third kappa shape index (κ3) is 4.30. The van der Waals surface area contributed by atoms with Crippen molar-refractivity contribution in [1.29, 1.82) is 0 Å². The van der Waals surface area contributed by atoms with Crippen molar-refractivity contribution in [3.8, 4) is 17.2 Å². The monoisotopic (exact) mass is 444 g/mol. The highest BCUT2D eigenvalue weighted by Crippen LogP contribution is 2.39. The molecule has 32 heavy (non-hydrogen) atoms. The molecule has 0 saturated carbocycles. The van der Waals surface area contributed by atoms with Crippen LogP contribution in [-0.4, -0.2) is 57.4 Å². The smallest absolute Gasteiger partial charge is 0.358 e. The number of methoxy groups -OCH3 is 3. The highest BCUT2D eigenvalue weighted by molar-refractivity contribution is 5.86. The SMILES string of the molecule is COc1ccc(Cn2nnc(C(=O)O)c2C(O)c2cc(OC)c(OC)cc2[N+](=O)[O-])cc1. The van der Waals surface area contributed by atoms with Crippen LogP contribution >= 0.6 is 0 Å². The summed E-state index contributed by atoms with van der Waals surface area (Å²) >= 11 is 0. The number of nitro benzene ring substituents is 1. The number of carbonyl (C=O) groups is 1. The number of hydrogen-bond acceptors (Lipinski definition) is 9. The molecule has 0 aliphatic carbocycles. The minimum absolute atomic E-state index is 0.0533. The molecule has 0 saturated heterocycles. The second-order valence-electron chi connectivity index (χ2n) is 6.56. The van der Waals surface area contributed by atoms with Gasteiger partial charge in [-0.3, -0.25) is 10.1 Å². The van der Waals surface area contributed by atoms with Gasteiger partial charge in [0.25, 0.3) is 5.69 Å². The first-order valence-electron chi connectivity index (χ1n) is 9.18. The Morgan fingerprint density at radius 1 is 1.12 bits per heavy atom. The zero-order valence-corrected chi connectivity index (χ0v) is 17.4. The van der Waals surface area contributed by atoms with Crippen LogP contribution in [0.1, 0.15) is 33.4 Å². The molecule has 1 atom stereocenters. The zero-order chi connectivity index (χ0) is 23.4. The van der Waals surface area contributed by atoms with E-state index in [1.54, 1.807) is 24.3 Å². The van der Waals surface area contributed by atoms with E-state index in [2.05, 4.69) is 10.3 Å². The number of aliphatic hydroxyl groups excluding tert-OH is 1. The minimum atomic E-state index is -1.74. The Morgan fingerprint density at radius 2 is 1.75 bits per heavy atom. The summed E-state index contributed by atoms with van der Waals surface area (Å²) in [7, 11) is 4.17. The Labute approximate surface area is 181 Å². The van der Waals surface area contributed by atoms with Crippen molar-refractivity contribution in [2.75, 3.05) is 21.3 Å². The lowest BCUT2D eigenvalue weighted by Crippen LogP contribution is -2.16. The molecule has 0 radical (unpaired) electrons. The van der Waals surface area contributed by atoms with Crippen molar-refractivity contribution >= 4 is 11.7 Å². The van der Waals surface area contributed by atoms with E-state index in [0.717, 1.165) is 6.07 Å². The van der Waals surface area contributed by atoms with Crippen LogP contribution in [0.15, 0.2) is 36.4 Å². The van der Waals surface area contributed by atoms with Crippen LogP contribution in [0, 0.1) is 10.1 Å². The van der Waals surface area contributed by atoms with Crippen molar-refractivity contribution in [2.24, 2.45) is 0 Å². The van der Waals surface area contributed by atoms with Crippen LogP contribution in [0.3, 0.4) is 0 Å². The number of nitrogens with zero attached hydrogens (tertiary/aromatic N) is 4. The van der Waals surface area contributed by atoms with Gasteiger partial charge in [-0.05, 0) is 23.8 Å². The molecule has 0 aliphatic heterocycles. The summed E-state index contributed by atoms with van der Waals surface area (Å²) in [6, 6.07) is 9.19. The van der Waals surface area contributed by atoms with Crippen molar-refractivity contribution < 1.29 is 34.1 Å². The molecule has 168 valence electrons. The summed E-state index contributed by atoms with van der Waals surface area (Å²) in [6.45, 7) is 0.0533. The molecule has 12 heteroatoms. The standard InChI is InChI=1S/C20H20N4O8/c1-30-12-6-4-11(5-7-12)10-23-18(17(20(26)27)21-22-23)19(25)13-8-15(31-2)16(32-3)9-14(13)24(28)29/h4-9,19,25H,10H2,1-3H3,(H,26,27). The number of carboxylic acids is 1. The van der Waals surface area contributed by atoms with Crippen molar-refractivity contribution in [2.45, 2.75) is 12.6 Å². The predicted molar refractivity (Wildman–Crippen MR) is 109 cm³/mol. The Kier molecular flexibility index (Phi) is 6.54. The fraction of sp³-hybridized carbons (Fsp3) is 0.250. The number of benzene rings is 2. The summed E-state index contributed by atoms with van der Waals surface area (Å²) < 4.78 is 16.6. The zero-order valence-electron chi connectivity index (χ0n) is 17.4. The molecule has 2 N–H and O–H groups in total. The summed E-state index contributed by atoms with van der Waals surface area (Å²) in [5.74, 6) is -0.611. The molecular formula is C20H20N4O8. The van der Waals surface area contributed by atoms with E-state index in [4.69, 9.17) is 14.2 Å². The number of aromatic carboxylic acids is 1. The van der Waals surface area contributed by atoms with E-state index in [9.17, 15) is 25.1 Å². The van der Waals surface area contributed by atoms with Gasteiger partial charge in [-0.15, -0.1) is 5.10 Å². The van der Waals surface area contributed by atoms with Crippen LogP contribution in [-0.2, 0) is 6.54 Å². The van der Waals surface area contributed by atoms with Gasteiger partial charge in [0, 0.05) is 0 Å². The third-order valence-electron chi connectivity index (χ3n) is 4.75.